The van der Waals surface area contributed by atoms with Crippen LogP contribution in [0, 0.1) is 0 Å². The first-order chi connectivity index (χ1) is 15.0. The summed E-state index contributed by atoms with van der Waals surface area (Å²) in [6.07, 6.45) is 3.82. The minimum atomic E-state index is -0.444. The van der Waals surface area contributed by atoms with Crippen LogP contribution in [0.4, 0.5) is 4.79 Å². The minimum absolute atomic E-state index is 0.0411. The van der Waals surface area contributed by atoms with E-state index in [0.717, 1.165) is 0 Å². The van der Waals surface area contributed by atoms with E-state index in [4.69, 9.17) is 27.9 Å². The Balaban J connectivity index is 1.28. The molecule has 3 aromatic carbocycles. The average Bonchev–Trinajstić information content (AvgIpc) is 3.09. The first-order valence-corrected chi connectivity index (χ1v) is 10.7. The highest BCUT2D eigenvalue weighted by Crippen LogP contribution is 2.44. The van der Waals surface area contributed by atoms with Gasteiger partial charge in [-0.05, 0) is 40.3 Å². The molecule has 6 heteroatoms. The molecule has 0 bridgehead atoms. The number of phenols is 1. The lowest BCUT2D eigenvalue weighted by Gasteiger charge is -2.14. The van der Waals surface area contributed by atoms with Gasteiger partial charge in [0.1, 0.15) is 12.4 Å². The fourth-order valence-electron chi connectivity index (χ4n) is 3.80. The molecule has 3 aromatic rings. The summed E-state index contributed by atoms with van der Waals surface area (Å²) in [5.74, 6) is -0.0137. The van der Waals surface area contributed by atoms with Gasteiger partial charge in [0.2, 0.25) is 0 Å². The molecule has 0 atom stereocenters. The number of nitrogens with one attached hydrogen (secondary N) is 1. The zero-order chi connectivity index (χ0) is 21.8. The van der Waals surface area contributed by atoms with Gasteiger partial charge < -0.3 is 15.2 Å². The first-order valence-electron chi connectivity index (χ1n) is 9.98. The maximum atomic E-state index is 12.2. The molecule has 0 aliphatic heterocycles. The summed E-state index contributed by atoms with van der Waals surface area (Å²) in [5.41, 5.74) is 5.47. The zero-order valence-corrected chi connectivity index (χ0v) is 18.2. The Hall–Kier alpha value is -2.95. The van der Waals surface area contributed by atoms with Crippen molar-refractivity contribution in [2.75, 3.05) is 13.2 Å². The van der Waals surface area contributed by atoms with Crippen molar-refractivity contribution in [1.29, 1.82) is 0 Å². The number of phenolic OH excluding ortho intramolecular Hbond substituents is 1. The van der Waals surface area contributed by atoms with E-state index in [-0.39, 0.29) is 23.3 Å². The third-order valence-corrected chi connectivity index (χ3v) is 5.92. The molecule has 0 fully saturated rings. The minimum Gasteiger partial charge on any atom is -0.506 e. The maximum absolute atomic E-state index is 12.2. The lowest BCUT2D eigenvalue weighted by Crippen LogP contribution is -2.26. The number of aromatic hydroxyl groups is 1. The van der Waals surface area contributed by atoms with Crippen molar-refractivity contribution in [1.82, 2.24) is 5.32 Å². The highest BCUT2D eigenvalue weighted by molar-refractivity contribution is 6.35. The average molecular weight is 454 g/mol. The summed E-state index contributed by atoms with van der Waals surface area (Å²) in [6, 6.07) is 19.5. The van der Waals surface area contributed by atoms with Gasteiger partial charge in [-0.15, -0.1) is 0 Å². The molecule has 0 saturated carbocycles. The van der Waals surface area contributed by atoms with Crippen molar-refractivity contribution < 1.29 is 14.6 Å². The number of benzene rings is 3. The monoisotopic (exact) mass is 453 g/mol. The Kier molecular flexibility index (Phi) is 6.50. The summed E-state index contributed by atoms with van der Waals surface area (Å²) < 4.78 is 5.51. The molecule has 1 amide bonds. The van der Waals surface area contributed by atoms with Crippen LogP contribution in [0.3, 0.4) is 0 Å². The Bertz CT molecular complexity index is 1100. The molecule has 2 N–H and O–H groups in total. The number of carbonyl (C=O) groups excluding carboxylic acids is 1. The van der Waals surface area contributed by atoms with E-state index in [0.29, 0.717) is 23.6 Å². The smallest absolute Gasteiger partial charge is 0.407 e. The molecule has 158 valence electrons. The predicted octanol–water partition coefficient (Wildman–Crippen LogP) is 6.64. The summed E-state index contributed by atoms with van der Waals surface area (Å²) in [6.45, 7) is 0.716. The van der Waals surface area contributed by atoms with Gasteiger partial charge in [-0.25, -0.2) is 4.79 Å². The fraction of sp³-hybridized carbons (Fsp3) is 0.160. The van der Waals surface area contributed by atoms with Crippen LogP contribution < -0.4 is 5.32 Å². The Morgan fingerprint density at radius 2 is 1.65 bits per heavy atom. The topological polar surface area (TPSA) is 58.6 Å². The van der Waals surface area contributed by atoms with E-state index in [9.17, 15) is 9.90 Å². The second-order valence-corrected chi connectivity index (χ2v) is 8.08. The summed E-state index contributed by atoms with van der Waals surface area (Å²) >= 11 is 12.0. The number of carbonyl (C=O) groups is 1. The highest BCUT2D eigenvalue weighted by atomic mass is 35.5. The van der Waals surface area contributed by atoms with E-state index < -0.39 is 6.09 Å². The van der Waals surface area contributed by atoms with Crippen molar-refractivity contribution in [3.05, 3.63) is 93.5 Å². The van der Waals surface area contributed by atoms with Gasteiger partial charge in [0, 0.05) is 18.5 Å². The molecule has 0 heterocycles. The van der Waals surface area contributed by atoms with E-state index >= 15 is 0 Å². The van der Waals surface area contributed by atoms with Gasteiger partial charge in [0.25, 0.3) is 0 Å². The molecule has 0 unspecified atom stereocenters. The third kappa shape index (κ3) is 4.71. The molecule has 1 aliphatic carbocycles. The molecule has 4 nitrogen and oxygen atoms in total. The van der Waals surface area contributed by atoms with Crippen LogP contribution in [-0.4, -0.2) is 24.4 Å². The molecule has 1 aliphatic rings. The highest BCUT2D eigenvalue weighted by Gasteiger charge is 2.28. The standard InChI is InChI=1S/C25H21Cl2NO3/c26-22-14-24(29)23(27)13-16(22)7-5-6-12-28-25(30)31-15-21-19-10-3-1-8-17(19)18-9-2-4-11-20(18)21/h1-5,7-11,13-14,21,29H,6,12,15H2,(H,28,30). The summed E-state index contributed by atoms with van der Waals surface area (Å²) in [4.78, 5) is 12.2. The number of hydrogen-bond acceptors (Lipinski definition) is 3. The van der Waals surface area contributed by atoms with Crippen LogP contribution in [0.1, 0.15) is 29.0 Å². The first kappa shape index (κ1) is 21.3. The third-order valence-electron chi connectivity index (χ3n) is 5.29. The van der Waals surface area contributed by atoms with Crippen LogP contribution in [0.5, 0.6) is 5.75 Å². The van der Waals surface area contributed by atoms with Gasteiger partial charge >= 0.3 is 6.09 Å². The predicted molar refractivity (Wildman–Crippen MR) is 125 cm³/mol. The zero-order valence-electron chi connectivity index (χ0n) is 16.6. The molecular formula is C25H21Cl2NO3. The molecule has 4 rings (SSSR count). The van der Waals surface area contributed by atoms with Gasteiger partial charge in [0.15, 0.2) is 0 Å². The second kappa shape index (κ2) is 9.46. The van der Waals surface area contributed by atoms with Gasteiger partial charge in [-0.3, -0.25) is 0 Å². The van der Waals surface area contributed by atoms with Crippen LogP contribution in [0.25, 0.3) is 17.2 Å². The van der Waals surface area contributed by atoms with Crippen LogP contribution in [0.2, 0.25) is 10.0 Å². The Morgan fingerprint density at radius 3 is 2.32 bits per heavy atom. The molecule has 0 radical (unpaired) electrons. The van der Waals surface area contributed by atoms with Gasteiger partial charge in [-0.1, -0.05) is 83.9 Å². The number of hydrogen-bond donors (Lipinski definition) is 2. The van der Waals surface area contributed by atoms with E-state index in [1.165, 1.54) is 28.3 Å². The summed E-state index contributed by atoms with van der Waals surface area (Å²) in [5, 5.41) is 12.9. The van der Waals surface area contributed by atoms with Crippen molar-refractivity contribution >= 4 is 35.4 Å². The number of amides is 1. The molecule has 0 saturated heterocycles. The quantitative estimate of drug-likeness (QED) is 0.411. The Labute approximate surface area is 191 Å². The van der Waals surface area contributed by atoms with Crippen LogP contribution >= 0.6 is 23.2 Å². The van der Waals surface area contributed by atoms with Crippen molar-refractivity contribution in [2.24, 2.45) is 0 Å². The van der Waals surface area contributed by atoms with Crippen molar-refractivity contribution in [3.8, 4) is 16.9 Å². The molecule has 0 aromatic heterocycles. The SMILES string of the molecule is O=C(NCCC=Cc1cc(Cl)c(O)cc1Cl)OCC1c2ccccc2-c2ccccc21. The van der Waals surface area contributed by atoms with Crippen LogP contribution in [-0.2, 0) is 4.74 Å². The van der Waals surface area contributed by atoms with E-state index in [2.05, 4.69) is 29.6 Å². The second-order valence-electron chi connectivity index (χ2n) is 7.27. The van der Waals surface area contributed by atoms with E-state index in [1.807, 2.05) is 30.3 Å². The van der Waals surface area contributed by atoms with Gasteiger partial charge in [-0.2, -0.15) is 0 Å². The van der Waals surface area contributed by atoms with Crippen molar-refractivity contribution in [3.63, 3.8) is 0 Å². The molecule has 31 heavy (non-hydrogen) atoms. The summed E-state index contributed by atoms with van der Waals surface area (Å²) in [7, 11) is 0. The lowest BCUT2D eigenvalue weighted by atomic mass is 9.98. The van der Waals surface area contributed by atoms with Crippen LogP contribution in [0.15, 0.2) is 66.7 Å². The van der Waals surface area contributed by atoms with Crippen molar-refractivity contribution in [2.45, 2.75) is 12.3 Å². The molecular weight excluding hydrogens is 433 g/mol. The largest absolute Gasteiger partial charge is 0.506 e. The normalized spacial score (nSPS) is 12.6. The number of halogens is 2. The maximum Gasteiger partial charge on any atom is 0.407 e. The van der Waals surface area contributed by atoms with E-state index in [1.54, 1.807) is 12.1 Å². The van der Waals surface area contributed by atoms with Gasteiger partial charge in [0.05, 0.1) is 10.0 Å². The molecule has 0 spiro atoms. The number of alkyl carbamates (subject to hydrolysis) is 1. The number of rotatable bonds is 6. The number of fused-ring (bicyclic) bond motifs is 3. The lowest BCUT2D eigenvalue weighted by molar-refractivity contribution is 0.143. The fourth-order valence-corrected chi connectivity index (χ4v) is 4.19. The number of ether oxygens (including phenoxy) is 1. The Morgan fingerprint density at radius 1 is 1.00 bits per heavy atom.